The molecule has 1 atom stereocenters. The summed E-state index contributed by atoms with van der Waals surface area (Å²) in [4.78, 5) is 0. The fourth-order valence-corrected chi connectivity index (χ4v) is 3.66. The lowest BCUT2D eigenvalue weighted by atomic mass is 10.2. The summed E-state index contributed by atoms with van der Waals surface area (Å²) >= 11 is 0. The van der Waals surface area contributed by atoms with Crippen molar-refractivity contribution in [2.45, 2.75) is 36.7 Å². The predicted molar refractivity (Wildman–Crippen MR) is 65.0 cm³/mol. The molecule has 1 unspecified atom stereocenters. The van der Waals surface area contributed by atoms with Gasteiger partial charge in [-0.15, -0.1) is 0 Å². The summed E-state index contributed by atoms with van der Waals surface area (Å²) < 4.78 is 12.0. The number of nitrogens with two attached hydrogens (primary N) is 1. The first kappa shape index (κ1) is 10.7. The molecule has 0 radical (unpaired) electrons. The van der Waals surface area contributed by atoms with Crippen molar-refractivity contribution < 1.29 is 4.21 Å². The highest BCUT2D eigenvalue weighted by atomic mass is 32.2. The van der Waals surface area contributed by atoms with E-state index in [9.17, 15) is 4.21 Å². The molecule has 1 aromatic rings. The van der Waals surface area contributed by atoms with Crippen molar-refractivity contribution in [1.29, 1.82) is 0 Å². The monoisotopic (exact) mass is 223 g/mol. The standard InChI is InChI=1S/C12H17NOS/c13-11-7-5-10(6-8-11)9-15(14)12-3-1-2-4-12/h5-8,12H,1-4,9,13H2. The van der Waals surface area contributed by atoms with Crippen LogP contribution in [0.5, 0.6) is 0 Å². The van der Waals surface area contributed by atoms with E-state index in [1.807, 2.05) is 24.3 Å². The second kappa shape index (κ2) is 4.79. The van der Waals surface area contributed by atoms with E-state index in [0.29, 0.717) is 11.0 Å². The minimum Gasteiger partial charge on any atom is -0.399 e. The zero-order valence-corrected chi connectivity index (χ0v) is 9.63. The van der Waals surface area contributed by atoms with E-state index in [-0.39, 0.29) is 0 Å². The van der Waals surface area contributed by atoms with Gasteiger partial charge in [0, 0.05) is 27.5 Å². The van der Waals surface area contributed by atoms with Crippen LogP contribution in [0, 0.1) is 0 Å². The van der Waals surface area contributed by atoms with Gasteiger partial charge in [-0.3, -0.25) is 4.21 Å². The first-order valence-corrected chi connectivity index (χ1v) is 6.85. The predicted octanol–water partition coefficient (Wildman–Crippen LogP) is 2.46. The number of hydrogen-bond donors (Lipinski definition) is 1. The quantitative estimate of drug-likeness (QED) is 0.800. The SMILES string of the molecule is Nc1ccc(CS(=O)C2CCCC2)cc1. The lowest BCUT2D eigenvalue weighted by Crippen LogP contribution is -2.12. The maximum Gasteiger partial charge on any atom is 0.0488 e. The van der Waals surface area contributed by atoms with Gasteiger partial charge in [0.05, 0.1) is 0 Å². The zero-order valence-electron chi connectivity index (χ0n) is 8.82. The lowest BCUT2D eigenvalue weighted by molar-refractivity contribution is 0.668. The highest BCUT2D eigenvalue weighted by molar-refractivity contribution is 7.84. The van der Waals surface area contributed by atoms with Crippen LogP contribution in [0.2, 0.25) is 0 Å². The molecule has 15 heavy (non-hydrogen) atoms. The molecule has 0 heterocycles. The third-order valence-electron chi connectivity index (χ3n) is 2.96. The van der Waals surface area contributed by atoms with Crippen LogP contribution in [0.4, 0.5) is 5.69 Å². The Morgan fingerprint density at radius 2 is 1.80 bits per heavy atom. The number of rotatable bonds is 3. The molecular formula is C12H17NOS. The topological polar surface area (TPSA) is 43.1 Å². The maximum absolute atomic E-state index is 12.0. The Kier molecular flexibility index (Phi) is 3.41. The maximum atomic E-state index is 12.0. The van der Waals surface area contributed by atoms with Gasteiger partial charge >= 0.3 is 0 Å². The fourth-order valence-electron chi connectivity index (χ4n) is 2.05. The van der Waals surface area contributed by atoms with Crippen LogP contribution >= 0.6 is 0 Å². The number of nitrogen functional groups attached to an aromatic ring is 1. The summed E-state index contributed by atoms with van der Waals surface area (Å²) in [5, 5.41) is 0.433. The molecule has 1 aromatic carbocycles. The molecule has 0 spiro atoms. The first-order chi connectivity index (χ1) is 7.25. The lowest BCUT2D eigenvalue weighted by Gasteiger charge is -2.08. The molecule has 0 amide bonds. The van der Waals surface area contributed by atoms with Crippen molar-refractivity contribution in [2.75, 3.05) is 5.73 Å². The molecule has 0 bridgehead atoms. The van der Waals surface area contributed by atoms with Gasteiger partial charge in [0.1, 0.15) is 0 Å². The third-order valence-corrected chi connectivity index (χ3v) is 4.80. The Hall–Kier alpha value is -0.830. The van der Waals surface area contributed by atoms with E-state index in [1.54, 1.807) is 0 Å². The van der Waals surface area contributed by atoms with E-state index < -0.39 is 10.8 Å². The minimum atomic E-state index is -0.694. The minimum absolute atomic E-state index is 0.433. The van der Waals surface area contributed by atoms with Crippen molar-refractivity contribution in [1.82, 2.24) is 0 Å². The summed E-state index contributed by atoms with van der Waals surface area (Å²) in [6.07, 6.45) is 4.78. The molecule has 2 nitrogen and oxygen atoms in total. The fraction of sp³-hybridized carbons (Fsp3) is 0.500. The largest absolute Gasteiger partial charge is 0.399 e. The normalized spacial score (nSPS) is 19.2. The van der Waals surface area contributed by atoms with E-state index in [4.69, 9.17) is 5.73 Å². The smallest absolute Gasteiger partial charge is 0.0488 e. The molecule has 2 N–H and O–H groups in total. The van der Waals surface area contributed by atoms with Crippen LogP contribution in [0.15, 0.2) is 24.3 Å². The van der Waals surface area contributed by atoms with E-state index >= 15 is 0 Å². The van der Waals surface area contributed by atoms with Crippen LogP contribution in [-0.2, 0) is 16.6 Å². The Balaban J connectivity index is 1.96. The molecule has 0 aromatic heterocycles. The molecule has 2 rings (SSSR count). The van der Waals surface area contributed by atoms with Gasteiger partial charge in [-0.2, -0.15) is 0 Å². The summed E-state index contributed by atoms with van der Waals surface area (Å²) in [7, 11) is -0.694. The second-order valence-corrected chi connectivity index (χ2v) is 5.89. The average Bonchev–Trinajstić information content (AvgIpc) is 2.74. The zero-order chi connectivity index (χ0) is 10.7. The summed E-state index contributed by atoms with van der Waals surface area (Å²) in [6, 6.07) is 7.70. The molecule has 1 saturated carbocycles. The van der Waals surface area contributed by atoms with Gasteiger partial charge in [-0.05, 0) is 30.5 Å². The second-order valence-electron chi connectivity index (χ2n) is 4.17. The van der Waals surface area contributed by atoms with Crippen molar-refractivity contribution >= 4 is 16.5 Å². The van der Waals surface area contributed by atoms with Crippen molar-refractivity contribution in [3.8, 4) is 0 Å². The van der Waals surface area contributed by atoms with Gasteiger partial charge in [-0.1, -0.05) is 25.0 Å². The molecule has 3 heteroatoms. The summed E-state index contributed by atoms with van der Waals surface area (Å²) in [5.41, 5.74) is 7.51. The highest BCUT2D eigenvalue weighted by Crippen LogP contribution is 2.24. The van der Waals surface area contributed by atoms with Crippen molar-refractivity contribution in [3.05, 3.63) is 29.8 Å². The Morgan fingerprint density at radius 1 is 1.20 bits per heavy atom. The highest BCUT2D eigenvalue weighted by Gasteiger charge is 2.21. The molecule has 0 aliphatic heterocycles. The first-order valence-electron chi connectivity index (χ1n) is 5.47. The molecule has 82 valence electrons. The summed E-state index contributed by atoms with van der Waals surface area (Å²) in [5.74, 6) is 0.685. The number of hydrogen-bond acceptors (Lipinski definition) is 2. The van der Waals surface area contributed by atoms with Gasteiger partial charge in [0.15, 0.2) is 0 Å². The van der Waals surface area contributed by atoms with Crippen molar-refractivity contribution in [2.24, 2.45) is 0 Å². The number of benzene rings is 1. The van der Waals surface area contributed by atoms with Crippen molar-refractivity contribution in [3.63, 3.8) is 0 Å². The summed E-state index contributed by atoms with van der Waals surface area (Å²) in [6.45, 7) is 0. The molecular weight excluding hydrogens is 206 g/mol. The van der Waals surface area contributed by atoms with E-state index in [0.717, 1.165) is 24.1 Å². The van der Waals surface area contributed by atoms with Gasteiger partial charge in [0.2, 0.25) is 0 Å². The molecule has 1 fully saturated rings. The Morgan fingerprint density at radius 3 is 2.40 bits per heavy atom. The number of anilines is 1. The Labute approximate surface area is 93.3 Å². The van der Waals surface area contributed by atoms with Gasteiger partial charge in [-0.25, -0.2) is 0 Å². The van der Waals surface area contributed by atoms with Crippen LogP contribution in [0.25, 0.3) is 0 Å². The molecule has 1 aliphatic rings. The van der Waals surface area contributed by atoms with Gasteiger partial charge < -0.3 is 5.73 Å². The van der Waals surface area contributed by atoms with Crippen LogP contribution in [-0.4, -0.2) is 9.46 Å². The average molecular weight is 223 g/mol. The van der Waals surface area contributed by atoms with E-state index in [1.165, 1.54) is 12.8 Å². The molecule has 0 saturated heterocycles. The van der Waals surface area contributed by atoms with Crippen LogP contribution in [0.1, 0.15) is 31.2 Å². The van der Waals surface area contributed by atoms with Crippen LogP contribution < -0.4 is 5.73 Å². The van der Waals surface area contributed by atoms with Crippen LogP contribution in [0.3, 0.4) is 0 Å². The third kappa shape index (κ3) is 2.81. The van der Waals surface area contributed by atoms with E-state index in [2.05, 4.69) is 0 Å². The molecule has 1 aliphatic carbocycles. The van der Waals surface area contributed by atoms with Gasteiger partial charge in [0.25, 0.3) is 0 Å². The Bertz CT molecular complexity index is 341.